The molecule has 188 valence electrons. The Balaban J connectivity index is 1.19. The molecular formula is C28H30F2N4O2. The molecule has 0 radical (unpaired) electrons. The van der Waals surface area contributed by atoms with E-state index in [1.54, 1.807) is 4.90 Å². The highest BCUT2D eigenvalue weighted by atomic mass is 19.1. The van der Waals surface area contributed by atoms with Crippen LogP contribution in [0.4, 0.5) is 8.78 Å². The Morgan fingerprint density at radius 1 is 0.889 bits per heavy atom. The van der Waals surface area contributed by atoms with Gasteiger partial charge >= 0.3 is 0 Å². The smallest absolute Gasteiger partial charge is 0.227 e. The Morgan fingerprint density at radius 3 is 2.36 bits per heavy atom. The zero-order valence-corrected chi connectivity index (χ0v) is 20.2. The first-order chi connectivity index (χ1) is 17.5. The van der Waals surface area contributed by atoms with Crippen molar-refractivity contribution in [2.45, 2.75) is 26.1 Å². The highest BCUT2D eigenvalue weighted by Gasteiger charge is 2.23. The van der Waals surface area contributed by atoms with Crippen molar-refractivity contribution >= 4 is 5.91 Å². The van der Waals surface area contributed by atoms with Crippen LogP contribution in [0.15, 0.2) is 60.8 Å². The van der Waals surface area contributed by atoms with E-state index in [9.17, 15) is 13.6 Å². The van der Waals surface area contributed by atoms with Gasteiger partial charge in [-0.3, -0.25) is 19.6 Å². The third kappa shape index (κ3) is 5.88. The summed E-state index contributed by atoms with van der Waals surface area (Å²) in [5.41, 5.74) is 2.98. The second-order valence-corrected chi connectivity index (χ2v) is 9.36. The average molecular weight is 493 g/mol. The number of ether oxygens (including phenoxy) is 1. The fourth-order valence-corrected chi connectivity index (χ4v) is 4.81. The van der Waals surface area contributed by atoms with Crippen LogP contribution in [0.25, 0.3) is 0 Å². The molecule has 3 aromatic rings. The number of hydrogen-bond acceptors (Lipinski definition) is 5. The predicted molar refractivity (Wildman–Crippen MR) is 132 cm³/mol. The number of halogens is 2. The molecule has 2 aliphatic rings. The van der Waals surface area contributed by atoms with Crippen molar-refractivity contribution in [1.29, 1.82) is 0 Å². The molecule has 0 atom stereocenters. The van der Waals surface area contributed by atoms with Crippen LogP contribution >= 0.6 is 0 Å². The molecule has 0 unspecified atom stereocenters. The largest absolute Gasteiger partial charge is 0.491 e. The number of pyridine rings is 1. The van der Waals surface area contributed by atoms with Crippen LogP contribution in [-0.2, 0) is 30.8 Å². The topological polar surface area (TPSA) is 48.9 Å². The molecule has 8 heteroatoms. The molecule has 0 aliphatic carbocycles. The third-order valence-electron chi connectivity index (χ3n) is 6.83. The highest BCUT2D eigenvalue weighted by molar-refractivity contribution is 5.79. The van der Waals surface area contributed by atoms with Gasteiger partial charge in [0, 0.05) is 63.1 Å². The third-order valence-corrected chi connectivity index (χ3v) is 6.83. The second kappa shape index (κ2) is 11.1. The lowest BCUT2D eigenvalue weighted by molar-refractivity contribution is -0.131. The summed E-state index contributed by atoms with van der Waals surface area (Å²) in [6.45, 7) is 6.67. The van der Waals surface area contributed by atoms with E-state index in [1.807, 2.05) is 24.4 Å². The molecule has 1 aromatic heterocycles. The number of rotatable bonds is 6. The zero-order valence-electron chi connectivity index (χ0n) is 20.2. The highest BCUT2D eigenvalue weighted by Crippen LogP contribution is 2.26. The minimum atomic E-state index is -0.697. The van der Waals surface area contributed by atoms with Crippen molar-refractivity contribution in [3.63, 3.8) is 0 Å². The number of carbonyl (C=O) groups excluding carboxylic acids is 1. The van der Waals surface area contributed by atoms with Gasteiger partial charge in [0.05, 0.1) is 18.7 Å². The fourth-order valence-electron chi connectivity index (χ4n) is 4.81. The van der Waals surface area contributed by atoms with Gasteiger partial charge in [0.1, 0.15) is 24.0 Å². The monoisotopic (exact) mass is 492 g/mol. The summed E-state index contributed by atoms with van der Waals surface area (Å²) in [6, 6.07) is 15.8. The summed E-state index contributed by atoms with van der Waals surface area (Å²) in [7, 11) is 0. The average Bonchev–Trinajstić information content (AvgIpc) is 3.10. The molecule has 0 N–H and O–H groups in total. The van der Waals surface area contributed by atoms with E-state index in [0.29, 0.717) is 19.7 Å². The summed E-state index contributed by atoms with van der Waals surface area (Å²) < 4.78 is 34.0. The first-order valence-corrected chi connectivity index (χ1v) is 12.3. The number of nitrogens with zero attached hydrogens (tertiary/aromatic N) is 4. The van der Waals surface area contributed by atoms with Crippen molar-refractivity contribution in [2.75, 3.05) is 39.3 Å². The van der Waals surface area contributed by atoms with E-state index in [0.717, 1.165) is 61.8 Å². The van der Waals surface area contributed by atoms with Gasteiger partial charge < -0.3 is 9.64 Å². The van der Waals surface area contributed by atoms with E-state index in [2.05, 4.69) is 33.0 Å². The maximum absolute atomic E-state index is 14.1. The molecule has 0 bridgehead atoms. The quantitative estimate of drug-likeness (QED) is 0.526. The lowest BCUT2D eigenvalue weighted by atomic mass is 10.1. The van der Waals surface area contributed by atoms with Gasteiger partial charge in [-0.2, -0.15) is 0 Å². The molecule has 6 nitrogen and oxygen atoms in total. The first kappa shape index (κ1) is 24.3. The van der Waals surface area contributed by atoms with Crippen LogP contribution in [0, 0.1) is 11.6 Å². The molecule has 0 saturated carbocycles. The van der Waals surface area contributed by atoms with Crippen LogP contribution in [-0.4, -0.2) is 64.9 Å². The van der Waals surface area contributed by atoms with Crippen LogP contribution in [0.1, 0.15) is 22.4 Å². The number of aromatic nitrogens is 1. The molecule has 1 saturated heterocycles. The van der Waals surface area contributed by atoms with E-state index in [4.69, 9.17) is 4.74 Å². The number of benzene rings is 2. The Bertz CT molecular complexity index is 1180. The van der Waals surface area contributed by atoms with Gasteiger partial charge in [0.25, 0.3) is 0 Å². The minimum absolute atomic E-state index is 0.191. The molecule has 1 amide bonds. The lowest BCUT2D eigenvalue weighted by Gasteiger charge is -2.34. The van der Waals surface area contributed by atoms with E-state index < -0.39 is 11.6 Å². The van der Waals surface area contributed by atoms with Crippen molar-refractivity contribution in [2.24, 2.45) is 0 Å². The number of amides is 1. The van der Waals surface area contributed by atoms with E-state index in [-0.39, 0.29) is 17.9 Å². The van der Waals surface area contributed by atoms with E-state index in [1.165, 1.54) is 18.2 Å². The summed E-state index contributed by atoms with van der Waals surface area (Å²) in [4.78, 5) is 23.8. The SMILES string of the molecule is O=C(Cc1c(F)cccc1F)N1CCOc2ccc(CN3CCN(Cc4ccccn4)CC3)cc2C1. The minimum Gasteiger partial charge on any atom is -0.491 e. The molecule has 2 aromatic carbocycles. The Hall–Kier alpha value is -3.36. The second-order valence-electron chi connectivity index (χ2n) is 9.36. The normalized spacial score (nSPS) is 16.8. The number of carbonyl (C=O) groups is 1. The van der Waals surface area contributed by atoms with Gasteiger partial charge in [0.2, 0.25) is 5.91 Å². The zero-order chi connectivity index (χ0) is 24.9. The molecule has 0 spiro atoms. The van der Waals surface area contributed by atoms with Crippen LogP contribution in [0.5, 0.6) is 5.75 Å². The Labute approximate surface area is 210 Å². The molecule has 2 aliphatic heterocycles. The van der Waals surface area contributed by atoms with E-state index >= 15 is 0 Å². The van der Waals surface area contributed by atoms with Gasteiger partial charge in [-0.15, -0.1) is 0 Å². The van der Waals surface area contributed by atoms with Crippen LogP contribution in [0.3, 0.4) is 0 Å². The van der Waals surface area contributed by atoms with Crippen molar-refractivity contribution in [3.8, 4) is 5.75 Å². The first-order valence-electron chi connectivity index (χ1n) is 12.3. The van der Waals surface area contributed by atoms with Crippen molar-refractivity contribution < 1.29 is 18.3 Å². The summed E-state index contributed by atoms with van der Waals surface area (Å²) in [5, 5.41) is 0. The fraction of sp³-hybridized carbons (Fsp3) is 0.357. The van der Waals surface area contributed by atoms with Crippen LogP contribution in [0.2, 0.25) is 0 Å². The molecule has 5 rings (SSSR count). The number of piperazine rings is 1. The standard InChI is InChI=1S/C28H30F2N4O2/c29-25-5-3-6-26(30)24(25)17-28(35)34-14-15-36-27-8-7-21(16-22(27)19-34)18-32-10-12-33(13-11-32)20-23-4-1-2-9-31-23/h1-9,16H,10-15,17-20H2. The maximum Gasteiger partial charge on any atom is 0.227 e. The molecule has 3 heterocycles. The summed E-state index contributed by atoms with van der Waals surface area (Å²) in [5.74, 6) is -0.953. The predicted octanol–water partition coefficient (Wildman–Crippen LogP) is 3.64. The van der Waals surface area contributed by atoms with Gasteiger partial charge in [-0.1, -0.05) is 18.2 Å². The Kier molecular flexibility index (Phi) is 7.53. The summed E-state index contributed by atoms with van der Waals surface area (Å²) in [6.07, 6.45) is 1.52. The number of fused-ring (bicyclic) bond motifs is 1. The Morgan fingerprint density at radius 2 is 1.64 bits per heavy atom. The molecule has 1 fully saturated rings. The number of hydrogen-bond donors (Lipinski definition) is 0. The van der Waals surface area contributed by atoms with Gasteiger partial charge in [-0.25, -0.2) is 8.78 Å². The van der Waals surface area contributed by atoms with Crippen LogP contribution < -0.4 is 4.74 Å². The summed E-state index contributed by atoms with van der Waals surface area (Å²) >= 11 is 0. The van der Waals surface area contributed by atoms with Crippen molar-refractivity contribution in [3.05, 3.63) is 94.8 Å². The molecule has 36 heavy (non-hydrogen) atoms. The van der Waals surface area contributed by atoms with Crippen molar-refractivity contribution in [1.82, 2.24) is 19.7 Å². The maximum atomic E-state index is 14.1. The lowest BCUT2D eigenvalue weighted by Crippen LogP contribution is -2.45. The van der Waals surface area contributed by atoms with Gasteiger partial charge in [0.15, 0.2) is 0 Å². The molecular weight excluding hydrogens is 462 g/mol. The van der Waals surface area contributed by atoms with Gasteiger partial charge in [-0.05, 0) is 42.0 Å².